The lowest BCUT2D eigenvalue weighted by Crippen LogP contribution is -2.39. The van der Waals surface area contributed by atoms with Gasteiger partial charge < -0.3 is 24.6 Å². The zero-order valence-corrected chi connectivity index (χ0v) is 16.3. The summed E-state index contributed by atoms with van der Waals surface area (Å²) < 4.78 is 24.7. The first-order valence-corrected chi connectivity index (χ1v) is 9.03. The summed E-state index contributed by atoms with van der Waals surface area (Å²) >= 11 is 0. The standard InChI is InChI=1S/C19H31FN4O2/c1-21-19(24-8-7-16(13-24)14-26-10-9-25-4)22-12-15-5-6-18(23(2)3)17(20)11-15/h5-6,11,16H,7-10,12-14H2,1-4H3,(H,21,22). The molecular weight excluding hydrogens is 335 g/mol. The van der Waals surface area contributed by atoms with Crippen molar-refractivity contribution < 1.29 is 13.9 Å². The third-order valence-electron chi connectivity index (χ3n) is 4.53. The van der Waals surface area contributed by atoms with Gasteiger partial charge in [-0.3, -0.25) is 4.99 Å². The number of hydrogen-bond donors (Lipinski definition) is 1. The third kappa shape index (κ3) is 5.85. The van der Waals surface area contributed by atoms with Gasteiger partial charge in [0.05, 0.1) is 25.5 Å². The summed E-state index contributed by atoms with van der Waals surface area (Å²) in [6, 6.07) is 5.32. The number of nitrogens with zero attached hydrogens (tertiary/aromatic N) is 3. The normalized spacial score (nSPS) is 17.7. The van der Waals surface area contributed by atoms with Gasteiger partial charge in [0.1, 0.15) is 5.82 Å². The molecule has 0 radical (unpaired) electrons. The number of halogens is 1. The van der Waals surface area contributed by atoms with Gasteiger partial charge in [0.2, 0.25) is 0 Å². The molecule has 1 saturated heterocycles. The summed E-state index contributed by atoms with van der Waals surface area (Å²) in [6.45, 7) is 4.42. The molecule has 0 aromatic heterocycles. The van der Waals surface area contributed by atoms with Gasteiger partial charge in [0, 0.05) is 53.8 Å². The van der Waals surface area contributed by atoms with Crippen LogP contribution in [-0.2, 0) is 16.0 Å². The fourth-order valence-electron chi connectivity index (χ4n) is 3.09. The molecule has 7 heteroatoms. The van der Waals surface area contributed by atoms with E-state index in [4.69, 9.17) is 9.47 Å². The van der Waals surface area contributed by atoms with Crippen LogP contribution in [0, 0.1) is 11.7 Å². The van der Waals surface area contributed by atoms with Crippen LogP contribution < -0.4 is 10.2 Å². The molecular formula is C19H31FN4O2. The first kappa shape index (κ1) is 20.5. The number of ether oxygens (including phenoxy) is 2. The number of benzene rings is 1. The summed E-state index contributed by atoms with van der Waals surface area (Å²) in [6.07, 6.45) is 1.08. The molecule has 1 aromatic carbocycles. The lowest BCUT2D eigenvalue weighted by atomic mass is 10.1. The van der Waals surface area contributed by atoms with E-state index in [-0.39, 0.29) is 5.82 Å². The van der Waals surface area contributed by atoms with Crippen molar-refractivity contribution in [1.82, 2.24) is 10.2 Å². The number of aliphatic imine (C=N–C) groups is 1. The minimum Gasteiger partial charge on any atom is -0.382 e. The van der Waals surface area contributed by atoms with Crippen molar-refractivity contribution in [3.8, 4) is 0 Å². The van der Waals surface area contributed by atoms with Gasteiger partial charge in [-0.15, -0.1) is 0 Å². The first-order chi connectivity index (χ1) is 12.5. The number of guanidine groups is 1. The van der Waals surface area contributed by atoms with E-state index in [9.17, 15) is 4.39 Å². The molecule has 1 N–H and O–H groups in total. The predicted octanol–water partition coefficient (Wildman–Crippen LogP) is 1.95. The van der Waals surface area contributed by atoms with Crippen molar-refractivity contribution in [2.45, 2.75) is 13.0 Å². The highest BCUT2D eigenvalue weighted by Crippen LogP contribution is 2.19. The molecule has 0 spiro atoms. The molecule has 0 bridgehead atoms. The van der Waals surface area contributed by atoms with Gasteiger partial charge in [-0.1, -0.05) is 6.07 Å². The van der Waals surface area contributed by atoms with Crippen LogP contribution in [0.5, 0.6) is 0 Å². The van der Waals surface area contributed by atoms with Gasteiger partial charge in [-0.25, -0.2) is 4.39 Å². The minimum absolute atomic E-state index is 0.210. The molecule has 26 heavy (non-hydrogen) atoms. The molecule has 6 nitrogen and oxygen atoms in total. The van der Waals surface area contributed by atoms with Crippen LogP contribution in [0.25, 0.3) is 0 Å². The van der Waals surface area contributed by atoms with Crippen molar-refractivity contribution in [3.63, 3.8) is 0 Å². The Morgan fingerprint density at radius 3 is 2.85 bits per heavy atom. The average Bonchev–Trinajstić information content (AvgIpc) is 3.08. The van der Waals surface area contributed by atoms with Gasteiger partial charge in [0.25, 0.3) is 0 Å². The molecule has 1 atom stereocenters. The Hall–Kier alpha value is -1.86. The maximum Gasteiger partial charge on any atom is 0.193 e. The van der Waals surface area contributed by atoms with Gasteiger partial charge in [-0.05, 0) is 24.1 Å². The molecule has 1 unspecified atom stereocenters. The Morgan fingerprint density at radius 2 is 2.19 bits per heavy atom. The number of likely N-dealkylation sites (tertiary alicyclic amines) is 1. The van der Waals surface area contributed by atoms with Crippen LogP contribution in [-0.4, -0.2) is 72.0 Å². The van der Waals surface area contributed by atoms with Crippen molar-refractivity contribution in [3.05, 3.63) is 29.6 Å². The molecule has 0 amide bonds. The number of anilines is 1. The van der Waals surface area contributed by atoms with Crippen LogP contribution >= 0.6 is 0 Å². The lowest BCUT2D eigenvalue weighted by Gasteiger charge is -2.22. The summed E-state index contributed by atoms with van der Waals surface area (Å²) in [5.41, 5.74) is 1.49. The van der Waals surface area contributed by atoms with E-state index in [1.165, 1.54) is 0 Å². The highest BCUT2D eigenvalue weighted by atomic mass is 19.1. The molecule has 2 rings (SSSR count). The monoisotopic (exact) mass is 366 g/mol. The van der Waals surface area contributed by atoms with E-state index in [1.54, 1.807) is 31.2 Å². The third-order valence-corrected chi connectivity index (χ3v) is 4.53. The predicted molar refractivity (Wildman–Crippen MR) is 103 cm³/mol. The maximum absolute atomic E-state index is 14.1. The summed E-state index contributed by atoms with van der Waals surface area (Å²) in [4.78, 5) is 8.37. The molecule has 146 valence electrons. The molecule has 0 aliphatic carbocycles. The summed E-state index contributed by atoms with van der Waals surface area (Å²) in [5.74, 6) is 1.14. The molecule has 1 fully saturated rings. The molecule has 1 aliphatic heterocycles. The number of hydrogen-bond acceptors (Lipinski definition) is 4. The van der Waals surface area contributed by atoms with Crippen LogP contribution in [0.15, 0.2) is 23.2 Å². The Balaban J connectivity index is 1.82. The van der Waals surface area contributed by atoms with Crippen LogP contribution in [0.2, 0.25) is 0 Å². The van der Waals surface area contributed by atoms with E-state index in [0.717, 1.165) is 37.6 Å². The second-order valence-corrected chi connectivity index (χ2v) is 6.75. The zero-order chi connectivity index (χ0) is 18.9. The number of rotatable bonds is 8. The van der Waals surface area contributed by atoms with E-state index in [1.807, 2.05) is 20.2 Å². The number of methoxy groups -OCH3 is 1. The Kier molecular flexibility index (Phi) is 8.12. The van der Waals surface area contributed by atoms with Crippen molar-refractivity contribution in [2.75, 3.05) is 66.1 Å². The molecule has 0 saturated carbocycles. The Morgan fingerprint density at radius 1 is 1.38 bits per heavy atom. The van der Waals surface area contributed by atoms with Gasteiger partial charge >= 0.3 is 0 Å². The molecule has 1 heterocycles. The fraction of sp³-hybridized carbons (Fsp3) is 0.632. The quantitative estimate of drug-likeness (QED) is 0.433. The van der Waals surface area contributed by atoms with E-state index in [0.29, 0.717) is 31.4 Å². The molecule has 1 aliphatic rings. The average molecular weight is 366 g/mol. The van der Waals surface area contributed by atoms with Crippen molar-refractivity contribution >= 4 is 11.6 Å². The highest BCUT2D eigenvalue weighted by Gasteiger charge is 2.24. The highest BCUT2D eigenvalue weighted by molar-refractivity contribution is 5.80. The topological polar surface area (TPSA) is 49.3 Å². The smallest absolute Gasteiger partial charge is 0.193 e. The summed E-state index contributed by atoms with van der Waals surface area (Å²) in [7, 11) is 7.12. The zero-order valence-electron chi connectivity index (χ0n) is 16.3. The summed E-state index contributed by atoms with van der Waals surface area (Å²) in [5, 5.41) is 3.34. The Labute approximate surface area is 156 Å². The van der Waals surface area contributed by atoms with Crippen molar-refractivity contribution in [1.29, 1.82) is 0 Å². The van der Waals surface area contributed by atoms with Crippen molar-refractivity contribution in [2.24, 2.45) is 10.9 Å². The van der Waals surface area contributed by atoms with Gasteiger partial charge in [-0.2, -0.15) is 0 Å². The van der Waals surface area contributed by atoms with Crippen LogP contribution in [0.3, 0.4) is 0 Å². The first-order valence-electron chi connectivity index (χ1n) is 9.03. The van der Waals surface area contributed by atoms with Gasteiger partial charge in [0.15, 0.2) is 5.96 Å². The lowest BCUT2D eigenvalue weighted by molar-refractivity contribution is 0.0536. The molecule has 1 aromatic rings. The Bertz CT molecular complexity index is 595. The van der Waals surface area contributed by atoms with Crippen LogP contribution in [0.1, 0.15) is 12.0 Å². The maximum atomic E-state index is 14.1. The van der Waals surface area contributed by atoms with Crippen LogP contribution in [0.4, 0.5) is 10.1 Å². The van der Waals surface area contributed by atoms with E-state index >= 15 is 0 Å². The number of nitrogens with one attached hydrogen (secondary N) is 1. The largest absolute Gasteiger partial charge is 0.382 e. The van der Waals surface area contributed by atoms with E-state index in [2.05, 4.69) is 15.2 Å². The van der Waals surface area contributed by atoms with E-state index < -0.39 is 0 Å². The second-order valence-electron chi connectivity index (χ2n) is 6.75. The minimum atomic E-state index is -0.210. The fourth-order valence-corrected chi connectivity index (χ4v) is 3.09. The second kappa shape index (κ2) is 10.3. The SMILES string of the molecule is CN=C(NCc1ccc(N(C)C)c(F)c1)N1CCC(COCCOC)C1.